The first kappa shape index (κ1) is 15.2. The Labute approximate surface area is 118 Å². The van der Waals surface area contributed by atoms with E-state index in [-0.39, 0.29) is 11.3 Å². The molecule has 0 atom stereocenters. The van der Waals surface area contributed by atoms with Gasteiger partial charge in [-0.05, 0) is 36.0 Å². The second kappa shape index (κ2) is 6.93. The third kappa shape index (κ3) is 4.81. The molecular formula is C15H22BrNO. The average Bonchev–Trinajstić information content (AvgIpc) is 2.33. The highest BCUT2D eigenvalue weighted by molar-refractivity contribution is 9.09. The molecule has 0 radical (unpaired) electrons. The van der Waals surface area contributed by atoms with Crippen LogP contribution < -0.4 is 5.32 Å². The molecule has 0 aliphatic rings. The van der Waals surface area contributed by atoms with Gasteiger partial charge in [-0.3, -0.25) is 4.79 Å². The number of nitrogens with one attached hydrogen (secondary N) is 1. The third-order valence-corrected chi connectivity index (χ3v) is 3.42. The second-order valence-electron chi connectivity index (χ2n) is 5.48. The lowest BCUT2D eigenvalue weighted by molar-refractivity contribution is 0.0953. The van der Waals surface area contributed by atoms with E-state index in [1.54, 1.807) is 0 Å². The zero-order valence-electron chi connectivity index (χ0n) is 11.4. The minimum Gasteiger partial charge on any atom is -0.352 e. The highest BCUT2D eigenvalue weighted by Gasteiger charge is 2.13. The first-order valence-corrected chi connectivity index (χ1v) is 7.52. The summed E-state index contributed by atoms with van der Waals surface area (Å²) < 4.78 is 0. The Kier molecular flexibility index (Phi) is 5.86. The predicted molar refractivity (Wildman–Crippen MR) is 80.5 cm³/mol. The van der Waals surface area contributed by atoms with Crippen molar-refractivity contribution in [3.8, 4) is 0 Å². The van der Waals surface area contributed by atoms with Crippen molar-refractivity contribution in [1.29, 1.82) is 0 Å². The summed E-state index contributed by atoms with van der Waals surface area (Å²) in [6.45, 7) is 7.25. The summed E-state index contributed by atoms with van der Waals surface area (Å²) in [4.78, 5) is 11.8. The van der Waals surface area contributed by atoms with Crippen LogP contribution >= 0.6 is 15.9 Å². The maximum Gasteiger partial charge on any atom is 0.251 e. The van der Waals surface area contributed by atoms with Crippen LogP contribution in [-0.2, 0) is 5.41 Å². The molecule has 1 amide bonds. The number of halogens is 1. The van der Waals surface area contributed by atoms with E-state index in [2.05, 4.69) is 42.0 Å². The minimum absolute atomic E-state index is 0.0185. The first-order valence-electron chi connectivity index (χ1n) is 6.40. The largest absolute Gasteiger partial charge is 0.352 e. The Morgan fingerprint density at radius 3 is 2.28 bits per heavy atom. The van der Waals surface area contributed by atoms with Crippen molar-refractivity contribution >= 4 is 21.8 Å². The van der Waals surface area contributed by atoms with Crippen molar-refractivity contribution in [3.63, 3.8) is 0 Å². The molecule has 0 saturated carbocycles. The van der Waals surface area contributed by atoms with Crippen LogP contribution in [0, 0.1) is 0 Å². The van der Waals surface area contributed by atoms with Crippen LogP contribution in [0.5, 0.6) is 0 Å². The van der Waals surface area contributed by atoms with Crippen LogP contribution in [0.1, 0.15) is 49.5 Å². The molecule has 0 aromatic heterocycles. The van der Waals surface area contributed by atoms with Gasteiger partial charge in [0.15, 0.2) is 0 Å². The zero-order valence-corrected chi connectivity index (χ0v) is 13.0. The fourth-order valence-corrected chi connectivity index (χ4v) is 2.04. The van der Waals surface area contributed by atoms with Crippen molar-refractivity contribution in [2.24, 2.45) is 0 Å². The molecular weight excluding hydrogens is 290 g/mol. The van der Waals surface area contributed by atoms with Gasteiger partial charge in [0.25, 0.3) is 5.91 Å². The number of carbonyl (C=O) groups is 1. The molecule has 1 aromatic rings. The summed E-state index contributed by atoms with van der Waals surface area (Å²) in [5, 5.41) is 3.92. The highest BCUT2D eigenvalue weighted by Crippen LogP contribution is 2.22. The van der Waals surface area contributed by atoms with E-state index < -0.39 is 0 Å². The van der Waals surface area contributed by atoms with Crippen LogP contribution in [0.4, 0.5) is 0 Å². The van der Waals surface area contributed by atoms with Gasteiger partial charge in [0.2, 0.25) is 0 Å². The fourth-order valence-electron chi connectivity index (χ4n) is 1.65. The van der Waals surface area contributed by atoms with Gasteiger partial charge >= 0.3 is 0 Å². The van der Waals surface area contributed by atoms with E-state index in [0.717, 1.165) is 30.3 Å². The third-order valence-electron chi connectivity index (χ3n) is 2.86. The lowest BCUT2D eigenvalue weighted by atomic mass is 9.87. The smallest absolute Gasteiger partial charge is 0.251 e. The summed E-state index contributed by atoms with van der Waals surface area (Å²) in [5.41, 5.74) is 2.12. The lowest BCUT2D eigenvalue weighted by Crippen LogP contribution is -2.24. The standard InChI is InChI=1S/C15H22BrNO/c1-15(2,3)13-8-6-12(7-9-13)14(18)17-11-5-4-10-16/h6-9H,4-5,10-11H2,1-3H3,(H,17,18). The average molecular weight is 312 g/mol. The van der Waals surface area contributed by atoms with Crippen molar-refractivity contribution < 1.29 is 4.79 Å². The molecule has 1 N–H and O–H groups in total. The molecule has 2 nitrogen and oxygen atoms in total. The Morgan fingerprint density at radius 2 is 1.78 bits per heavy atom. The van der Waals surface area contributed by atoms with Gasteiger partial charge in [-0.2, -0.15) is 0 Å². The molecule has 0 aliphatic heterocycles. The number of unbranched alkanes of at least 4 members (excludes halogenated alkanes) is 1. The Balaban J connectivity index is 2.54. The minimum atomic E-state index is 0.0185. The van der Waals surface area contributed by atoms with Crippen LogP contribution in [0.25, 0.3) is 0 Å². The molecule has 0 spiro atoms. The normalized spacial score (nSPS) is 11.3. The molecule has 0 fully saturated rings. The maximum atomic E-state index is 11.8. The summed E-state index contributed by atoms with van der Waals surface area (Å²) in [6, 6.07) is 7.88. The van der Waals surface area contributed by atoms with Crippen LogP contribution in [0.3, 0.4) is 0 Å². The van der Waals surface area contributed by atoms with Gasteiger partial charge in [-0.1, -0.05) is 48.8 Å². The highest BCUT2D eigenvalue weighted by atomic mass is 79.9. The van der Waals surface area contributed by atoms with Gasteiger partial charge in [0.05, 0.1) is 0 Å². The van der Waals surface area contributed by atoms with Gasteiger partial charge in [-0.15, -0.1) is 0 Å². The summed E-state index contributed by atoms with van der Waals surface area (Å²) in [6.07, 6.45) is 2.10. The van der Waals surface area contributed by atoms with Crippen LogP contribution in [-0.4, -0.2) is 17.8 Å². The second-order valence-corrected chi connectivity index (χ2v) is 6.27. The quantitative estimate of drug-likeness (QED) is 0.648. The lowest BCUT2D eigenvalue weighted by Gasteiger charge is -2.19. The van der Waals surface area contributed by atoms with E-state index in [9.17, 15) is 4.79 Å². The fraction of sp³-hybridized carbons (Fsp3) is 0.533. The SMILES string of the molecule is CC(C)(C)c1ccc(C(=O)NCCCCBr)cc1. The Bertz CT molecular complexity index is 378. The van der Waals surface area contributed by atoms with E-state index in [4.69, 9.17) is 0 Å². The number of rotatable bonds is 5. The van der Waals surface area contributed by atoms with Gasteiger partial charge in [0.1, 0.15) is 0 Å². The molecule has 0 unspecified atom stereocenters. The van der Waals surface area contributed by atoms with Crippen LogP contribution in [0.2, 0.25) is 0 Å². The monoisotopic (exact) mass is 311 g/mol. The van der Waals surface area contributed by atoms with Crippen molar-refractivity contribution in [3.05, 3.63) is 35.4 Å². The number of alkyl halides is 1. The molecule has 1 aromatic carbocycles. The van der Waals surface area contributed by atoms with Crippen molar-refractivity contribution in [1.82, 2.24) is 5.32 Å². The molecule has 100 valence electrons. The van der Waals surface area contributed by atoms with Crippen LogP contribution in [0.15, 0.2) is 24.3 Å². The number of hydrogen-bond acceptors (Lipinski definition) is 1. The topological polar surface area (TPSA) is 29.1 Å². The molecule has 0 heterocycles. The molecule has 3 heteroatoms. The molecule has 1 rings (SSSR count). The molecule has 0 bridgehead atoms. The molecule has 0 aliphatic carbocycles. The van der Waals surface area contributed by atoms with Crippen molar-refractivity contribution in [2.75, 3.05) is 11.9 Å². The Hall–Kier alpha value is -0.830. The predicted octanol–water partition coefficient (Wildman–Crippen LogP) is 3.89. The summed E-state index contributed by atoms with van der Waals surface area (Å²) >= 11 is 3.38. The number of hydrogen-bond donors (Lipinski definition) is 1. The molecule has 0 saturated heterocycles. The van der Waals surface area contributed by atoms with Gasteiger partial charge < -0.3 is 5.32 Å². The Morgan fingerprint density at radius 1 is 1.17 bits per heavy atom. The number of amides is 1. The van der Waals surface area contributed by atoms with Gasteiger partial charge in [0, 0.05) is 17.4 Å². The first-order chi connectivity index (χ1) is 8.45. The van der Waals surface area contributed by atoms with Crippen molar-refractivity contribution in [2.45, 2.75) is 39.0 Å². The van der Waals surface area contributed by atoms with E-state index in [0.29, 0.717) is 0 Å². The number of benzene rings is 1. The molecule has 18 heavy (non-hydrogen) atoms. The zero-order chi connectivity index (χ0) is 13.6. The summed E-state index contributed by atoms with van der Waals surface area (Å²) in [5.74, 6) is 0.0185. The summed E-state index contributed by atoms with van der Waals surface area (Å²) in [7, 11) is 0. The van der Waals surface area contributed by atoms with E-state index in [1.165, 1.54) is 5.56 Å². The van der Waals surface area contributed by atoms with E-state index >= 15 is 0 Å². The number of carbonyl (C=O) groups excluding carboxylic acids is 1. The van der Waals surface area contributed by atoms with Gasteiger partial charge in [-0.25, -0.2) is 0 Å². The van der Waals surface area contributed by atoms with E-state index in [1.807, 2.05) is 24.3 Å². The maximum absolute atomic E-state index is 11.8.